The maximum atomic E-state index is 2.06. The van der Waals surface area contributed by atoms with Crippen LogP contribution >= 0.6 is 21.6 Å². The Balaban J connectivity index is -0.0000000450. The van der Waals surface area contributed by atoms with Crippen molar-refractivity contribution in [1.82, 2.24) is 0 Å². The van der Waals surface area contributed by atoms with Crippen LogP contribution in [0.5, 0.6) is 0 Å². The molecule has 36 valence electrons. The molecule has 0 spiro atoms. The summed E-state index contributed by atoms with van der Waals surface area (Å²) in [4.78, 5) is 0. The molecule has 0 saturated heterocycles. The van der Waals surface area contributed by atoms with Crippen LogP contribution in [-0.4, -0.2) is 42.1 Å². The Morgan fingerprint density at radius 2 is 1.17 bits per heavy atom. The van der Waals surface area contributed by atoms with Gasteiger partial charge in [0.15, 0.2) is 0 Å². The number of hydrogen-bond acceptors (Lipinski definition) is 2. The molecule has 6 heavy (non-hydrogen) atoms. The van der Waals surface area contributed by atoms with E-state index in [9.17, 15) is 0 Å². The standard InChI is InChI=1S/C2H6S2.CH4.Na.H/c1-3-4-2;;;/h1-2H3;1H4;;. The van der Waals surface area contributed by atoms with Crippen molar-refractivity contribution in [3.63, 3.8) is 0 Å². The second-order valence-electron chi connectivity index (χ2n) is 0.333. The van der Waals surface area contributed by atoms with E-state index in [0.717, 1.165) is 0 Å². The predicted octanol–water partition coefficient (Wildman–Crippen LogP) is 1.61. The van der Waals surface area contributed by atoms with Gasteiger partial charge in [-0.15, -0.1) is 0 Å². The predicted molar refractivity (Wildman–Crippen MR) is 40.9 cm³/mol. The van der Waals surface area contributed by atoms with Gasteiger partial charge >= 0.3 is 29.6 Å². The van der Waals surface area contributed by atoms with Gasteiger partial charge in [0, 0.05) is 0 Å². The monoisotopic (exact) mass is 134 g/mol. The van der Waals surface area contributed by atoms with Crippen LogP contribution in [0.25, 0.3) is 0 Å². The van der Waals surface area contributed by atoms with E-state index < -0.39 is 0 Å². The van der Waals surface area contributed by atoms with Crippen molar-refractivity contribution in [3.05, 3.63) is 0 Å². The first-order valence-electron chi connectivity index (χ1n) is 0.983. The fourth-order valence-electron chi connectivity index (χ4n) is 0. The van der Waals surface area contributed by atoms with Crippen LogP contribution < -0.4 is 0 Å². The summed E-state index contributed by atoms with van der Waals surface area (Å²) in [5.74, 6) is 0. The third-order valence-corrected chi connectivity index (χ3v) is 1.50. The van der Waals surface area contributed by atoms with Gasteiger partial charge in [0.25, 0.3) is 0 Å². The van der Waals surface area contributed by atoms with Crippen molar-refractivity contribution in [3.8, 4) is 0 Å². The van der Waals surface area contributed by atoms with Gasteiger partial charge in [0.05, 0.1) is 0 Å². The van der Waals surface area contributed by atoms with Crippen LogP contribution in [0.15, 0.2) is 0 Å². The molecule has 0 atom stereocenters. The fraction of sp³-hybridized carbons (Fsp3) is 1.00. The molecule has 0 aliphatic carbocycles. The Kier molecular flexibility index (Phi) is 41.5. The van der Waals surface area contributed by atoms with E-state index in [1.165, 1.54) is 0 Å². The zero-order chi connectivity index (χ0) is 3.41. The van der Waals surface area contributed by atoms with E-state index in [1.807, 2.05) is 0 Å². The zero-order valence-electron chi connectivity index (χ0n) is 2.82. The third-order valence-electron chi connectivity index (χ3n) is 0.167. The van der Waals surface area contributed by atoms with Crippen molar-refractivity contribution in [2.75, 3.05) is 12.5 Å². The average molecular weight is 134 g/mol. The van der Waals surface area contributed by atoms with E-state index in [2.05, 4.69) is 12.5 Å². The van der Waals surface area contributed by atoms with Gasteiger partial charge in [0.1, 0.15) is 0 Å². The van der Waals surface area contributed by atoms with Crippen LogP contribution in [0.3, 0.4) is 0 Å². The summed E-state index contributed by atoms with van der Waals surface area (Å²) in [5.41, 5.74) is 0. The molecule has 0 aliphatic heterocycles. The van der Waals surface area contributed by atoms with Crippen LogP contribution in [0.2, 0.25) is 0 Å². The quantitative estimate of drug-likeness (QED) is 0.395. The summed E-state index contributed by atoms with van der Waals surface area (Å²) in [5, 5.41) is 0. The summed E-state index contributed by atoms with van der Waals surface area (Å²) < 4.78 is 0. The van der Waals surface area contributed by atoms with Crippen molar-refractivity contribution in [2.24, 2.45) is 0 Å². The molecular formula is C3H11NaS2. The van der Waals surface area contributed by atoms with Gasteiger partial charge in [-0.2, -0.15) is 0 Å². The Hall–Kier alpha value is 1.70. The van der Waals surface area contributed by atoms with Gasteiger partial charge in [-0.25, -0.2) is 0 Å². The Morgan fingerprint density at radius 1 is 1.00 bits per heavy atom. The van der Waals surface area contributed by atoms with Gasteiger partial charge in [0.2, 0.25) is 0 Å². The molecule has 0 bridgehead atoms. The van der Waals surface area contributed by atoms with Gasteiger partial charge in [-0.1, -0.05) is 29.0 Å². The molecule has 0 unspecified atom stereocenters. The summed E-state index contributed by atoms with van der Waals surface area (Å²) in [6, 6.07) is 0. The van der Waals surface area contributed by atoms with E-state index >= 15 is 0 Å². The van der Waals surface area contributed by atoms with Crippen LogP contribution in [0.1, 0.15) is 7.43 Å². The van der Waals surface area contributed by atoms with Crippen molar-refractivity contribution >= 4 is 51.1 Å². The molecule has 0 nitrogen and oxygen atoms in total. The minimum atomic E-state index is 0. The molecule has 0 heterocycles. The summed E-state index contributed by atoms with van der Waals surface area (Å²) in [6.07, 6.45) is 4.12. The first-order chi connectivity index (χ1) is 1.91. The molecule has 0 aliphatic rings. The van der Waals surface area contributed by atoms with Gasteiger partial charge < -0.3 is 0 Å². The minimum absolute atomic E-state index is 0. The Bertz CT molecular complexity index is 10.8. The van der Waals surface area contributed by atoms with Crippen molar-refractivity contribution in [1.29, 1.82) is 0 Å². The van der Waals surface area contributed by atoms with E-state index in [0.29, 0.717) is 0 Å². The second-order valence-corrected chi connectivity index (χ2v) is 3.00. The average Bonchev–Trinajstić information content (AvgIpc) is 1.37. The van der Waals surface area contributed by atoms with E-state index in [1.54, 1.807) is 21.6 Å². The normalized spacial score (nSPS) is 5.00. The van der Waals surface area contributed by atoms with Gasteiger partial charge in [-0.3, -0.25) is 0 Å². The molecule has 3 heteroatoms. The summed E-state index contributed by atoms with van der Waals surface area (Å²) in [7, 11) is 3.55. The van der Waals surface area contributed by atoms with Gasteiger partial charge in [-0.05, 0) is 12.5 Å². The molecule has 0 aromatic carbocycles. The van der Waals surface area contributed by atoms with Crippen LogP contribution in [0.4, 0.5) is 0 Å². The molecule has 0 radical (unpaired) electrons. The molecule has 0 aromatic heterocycles. The topological polar surface area (TPSA) is 0 Å². The molecule has 0 rings (SSSR count). The molecule has 0 aromatic rings. The molecule has 0 saturated carbocycles. The molecule has 0 amide bonds. The number of hydrogen-bond donors (Lipinski definition) is 0. The summed E-state index contributed by atoms with van der Waals surface area (Å²) in [6.45, 7) is 0. The molecular weight excluding hydrogens is 123 g/mol. The fourth-order valence-corrected chi connectivity index (χ4v) is 0. The zero-order valence-corrected chi connectivity index (χ0v) is 4.45. The Labute approximate surface area is 70.5 Å². The van der Waals surface area contributed by atoms with E-state index in [4.69, 9.17) is 0 Å². The maximum absolute atomic E-state index is 2.06. The van der Waals surface area contributed by atoms with Crippen LogP contribution in [-0.2, 0) is 0 Å². The summed E-state index contributed by atoms with van der Waals surface area (Å²) >= 11 is 0. The van der Waals surface area contributed by atoms with Crippen molar-refractivity contribution < 1.29 is 0 Å². The first-order valence-corrected chi connectivity index (χ1v) is 3.95. The van der Waals surface area contributed by atoms with Crippen LogP contribution in [0, 0.1) is 0 Å². The van der Waals surface area contributed by atoms with E-state index in [-0.39, 0.29) is 37.0 Å². The SMILES string of the molecule is C.CSSC.[NaH]. The Morgan fingerprint density at radius 3 is 1.17 bits per heavy atom. The third kappa shape index (κ3) is 17.3. The first kappa shape index (κ1) is 15.6. The number of rotatable bonds is 1. The molecule has 0 fully saturated rings. The molecule has 0 N–H and O–H groups in total. The second kappa shape index (κ2) is 15.9. The van der Waals surface area contributed by atoms with Crippen molar-refractivity contribution in [2.45, 2.75) is 7.43 Å².